The fraction of sp³-hybridized carbons (Fsp3) is 0.250. The van der Waals surface area contributed by atoms with Crippen LogP contribution in [0, 0.1) is 0 Å². The monoisotopic (exact) mass is 335 g/mol. The van der Waals surface area contributed by atoms with Crippen molar-refractivity contribution in [3.8, 4) is 0 Å². The van der Waals surface area contributed by atoms with Gasteiger partial charge in [-0.2, -0.15) is 0 Å². The molecule has 2 aromatic rings. The standard InChI is InChI=1S/C20H21N3O2/c24-19(9-8-17-5-2-1-3-6-17)22-11-13-23(14-12-22)20(25)15-18-7-4-10-21-16-18/h1-10,16H,11-15H2/b9-8+. The molecule has 1 saturated heterocycles. The minimum Gasteiger partial charge on any atom is -0.339 e. The number of amides is 2. The summed E-state index contributed by atoms with van der Waals surface area (Å²) in [6.45, 7) is 2.28. The molecule has 1 fully saturated rings. The van der Waals surface area contributed by atoms with Gasteiger partial charge in [0, 0.05) is 44.6 Å². The molecule has 1 aliphatic rings. The Hall–Kier alpha value is -2.95. The fourth-order valence-electron chi connectivity index (χ4n) is 2.80. The van der Waals surface area contributed by atoms with E-state index >= 15 is 0 Å². The molecule has 0 N–H and O–H groups in total. The van der Waals surface area contributed by atoms with Crippen LogP contribution >= 0.6 is 0 Å². The maximum atomic E-state index is 12.3. The Bertz CT molecular complexity index is 736. The normalized spacial score (nSPS) is 14.7. The molecule has 1 aromatic carbocycles. The average molecular weight is 335 g/mol. The van der Waals surface area contributed by atoms with Gasteiger partial charge in [0.1, 0.15) is 0 Å². The maximum absolute atomic E-state index is 12.3. The molecule has 0 unspecified atom stereocenters. The molecule has 2 amide bonds. The van der Waals surface area contributed by atoms with Crippen LogP contribution in [0.5, 0.6) is 0 Å². The zero-order chi connectivity index (χ0) is 17.5. The molecule has 0 spiro atoms. The van der Waals surface area contributed by atoms with E-state index < -0.39 is 0 Å². The molecule has 0 radical (unpaired) electrons. The molecule has 0 bridgehead atoms. The van der Waals surface area contributed by atoms with E-state index in [0.717, 1.165) is 11.1 Å². The number of carbonyl (C=O) groups is 2. The number of nitrogens with zero attached hydrogens (tertiary/aromatic N) is 3. The molecule has 1 aromatic heterocycles. The summed E-state index contributed by atoms with van der Waals surface area (Å²) >= 11 is 0. The van der Waals surface area contributed by atoms with Gasteiger partial charge < -0.3 is 9.80 Å². The van der Waals surface area contributed by atoms with Gasteiger partial charge >= 0.3 is 0 Å². The summed E-state index contributed by atoms with van der Waals surface area (Å²) in [5, 5.41) is 0. The second-order valence-electron chi connectivity index (χ2n) is 5.99. The van der Waals surface area contributed by atoms with E-state index in [1.165, 1.54) is 0 Å². The van der Waals surface area contributed by atoms with Crippen LogP contribution in [0.4, 0.5) is 0 Å². The molecule has 5 nitrogen and oxygen atoms in total. The van der Waals surface area contributed by atoms with Crippen molar-refractivity contribution < 1.29 is 9.59 Å². The number of pyridine rings is 1. The van der Waals surface area contributed by atoms with E-state index in [1.807, 2.05) is 53.4 Å². The lowest BCUT2D eigenvalue weighted by Crippen LogP contribution is -2.50. The van der Waals surface area contributed by atoms with Crippen LogP contribution in [0.3, 0.4) is 0 Å². The number of hydrogen-bond donors (Lipinski definition) is 0. The summed E-state index contributed by atoms with van der Waals surface area (Å²) in [5.74, 6) is 0.0724. The van der Waals surface area contributed by atoms with Crippen LogP contribution < -0.4 is 0 Å². The quantitative estimate of drug-likeness (QED) is 0.803. The van der Waals surface area contributed by atoms with Crippen molar-refractivity contribution in [3.63, 3.8) is 0 Å². The van der Waals surface area contributed by atoms with E-state index in [4.69, 9.17) is 0 Å². The molecule has 25 heavy (non-hydrogen) atoms. The zero-order valence-corrected chi connectivity index (χ0v) is 14.0. The molecular weight excluding hydrogens is 314 g/mol. The van der Waals surface area contributed by atoms with Gasteiger partial charge in [0.05, 0.1) is 6.42 Å². The van der Waals surface area contributed by atoms with Gasteiger partial charge in [0.2, 0.25) is 11.8 Å². The minimum atomic E-state index is -0.0109. The van der Waals surface area contributed by atoms with Gasteiger partial charge in [-0.1, -0.05) is 36.4 Å². The summed E-state index contributed by atoms with van der Waals surface area (Å²) in [5.41, 5.74) is 1.91. The second kappa shape index (κ2) is 8.24. The number of rotatable bonds is 4. The van der Waals surface area contributed by atoms with Crippen LogP contribution in [0.1, 0.15) is 11.1 Å². The molecule has 5 heteroatoms. The number of piperazine rings is 1. The average Bonchev–Trinajstić information content (AvgIpc) is 2.68. The Balaban J connectivity index is 1.49. The number of hydrogen-bond acceptors (Lipinski definition) is 3. The highest BCUT2D eigenvalue weighted by Crippen LogP contribution is 2.08. The first-order chi connectivity index (χ1) is 12.2. The third-order valence-electron chi connectivity index (χ3n) is 4.24. The molecule has 1 aliphatic heterocycles. The highest BCUT2D eigenvalue weighted by Gasteiger charge is 2.23. The molecule has 2 heterocycles. The van der Waals surface area contributed by atoms with Crippen LogP contribution in [0.25, 0.3) is 6.08 Å². The molecule has 3 rings (SSSR count). The van der Waals surface area contributed by atoms with E-state index in [2.05, 4.69) is 4.98 Å². The first kappa shape index (κ1) is 16.9. The van der Waals surface area contributed by atoms with Crippen molar-refractivity contribution in [1.29, 1.82) is 0 Å². The Labute approximate surface area is 147 Å². The lowest BCUT2D eigenvalue weighted by Gasteiger charge is -2.34. The van der Waals surface area contributed by atoms with Crippen molar-refractivity contribution in [2.24, 2.45) is 0 Å². The van der Waals surface area contributed by atoms with Crippen molar-refractivity contribution in [2.75, 3.05) is 26.2 Å². The molecule has 0 aliphatic carbocycles. The van der Waals surface area contributed by atoms with Gasteiger partial charge in [0.25, 0.3) is 0 Å². The number of aromatic nitrogens is 1. The predicted molar refractivity (Wildman–Crippen MR) is 96.6 cm³/mol. The third-order valence-corrected chi connectivity index (χ3v) is 4.24. The molecular formula is C20H21N3O2. The van der Waals surface area contributed by atoms with Gasteiger partial charge in [-0.25, -0.2) is 0 Å². The lowest BCUT2D eigenvalue weighted by atomic mass is 10.2. The second-order valence-corrected chi connectivity index (χ2v) is 5.99. The Kier molecular flexibility index (Phi) is 5.57. The summed E-state index contributed by atoms with van der Waals surface area (Å²) in [6, 6.07) is 13.5. The predicted octanol–water partition coefficient (Wildman–Crippen LogP) is 2.01. The third kappa shape index (κ3) is 4.76. The van der Waals surface area contributed by atoms with Crippen LogP contribution in [-0.4, -0.2) is 52.8 Å². The summed E-state index contributed by atoms with van der Waals surface area (Å²) < 4.78 is 0. The highest BCUT2D eigenvalue weighted by atomic mass is 16.2. The van der Waals surface area contributed by atoms with Gasteiger partial charge in [-0.3, -0.25) is 14.6 Å². The summed E-state index contributed by atoms with van der Waals surface area (Å²) in [4.78, 5) is 32.2. The summed E-state index contributed by atoms with van der Waals surface area (Å²) in [7, 11) is 0. The summed E-state index contributed by atoms with van der Waals surface area (Å²) in [6.07, 6.45) is 7.19. The van der Waals surface area contributed by atoms with Gasteiger partial charge in [0.15, 0.2) is 0 Å². The van der Waals surface area contributed by atoms with E-state index in [0.29, 0.717) is 32.6 Å². The molecule has 0 saturated carbocycles. The van der Waals surface area contributed by atoms with Crippen LogP contribution in [0.2, 0.25) is 0 Å². The van der Waals surface area contributed by atoms with E-state index in [1.54, 1.807) is 23.4 Å². The molecule has 128 valence electrons. The molecule has 0 atom stereocenters. The minimum absolute atomic E-state index is 0.0109. The topological polar surface area (TPSA) is 53.5 Å². The van der Waals surface area contributed by atoms with E-state index in [9.17, 15) is 9.59 Å². The number of benzene rings is 1. The van der Waals surface area contributed by atoms with Crippen LogP contribution in [-0.2, 0) is 16.0 Å². The largest absolute Gasteiger partial charge is 0.339 e. The SMILES string of the molecule is O=C(/C=C/c1ccccc1)N1CCN(C(=O)Cc2cccnc2)CC1. The maximum Gasteiger partial charge on any atom is 0.246 e. The zero-order valence-electron chi connectivity index (χ0n) is 14.0. The van der Waals surface area contributed by atoms with Crippen LogP contribution in [0.15, 0.2) is 60.9 Å². The highest BCUT2D eigenvalue weighted by molar-refractivity contribution is 5.92. The van der Waals surface area contributed by atoms with Crippen molar-refractivity contribution in [2.45, 2.75) is 6.42 Å². The Morgan fingerprint density at radius 1 is 0.960 bits per heavy atom. The Morgan fingerprint density at radius 3 is 2.36 bits per heavy atom. The van der Waals surface area contributed by atoms with Crippen molar-refractivity contribution in [3.05, 3.63) is 72.1 Å². The fourth-order valence-corrected chi connectivity index (χ4v) is 2.80. The smallest absolute Gasteiger partial charge is 0.246 e. The lowest BCUT2D eigenvalue weighted by molar-refractivity contribution is -0.136. The van der Waals surface area contributed by atoms with Gasteiger partial charge in [-0.15, -0.1) is 0 Å². The van der Waals surface area contributed by atoms with Crippen molar-refractivity contribution >= 4 is 17.9 Å². The Morgan fingerprint density at radius 2 is 1.68 bits per heavy atom. The van der Waals surface area contributed by atoms with Gasteiger partial charge in [-0.05, 0) is 23.3 Å². The number of carbonyl (C=O) groups excluding carboxylic acids is 2. The van der Waals surface area contributed by atoms with E-state index in [-0.39, 0.29) is 11.8 Å². The first-order valence-electron chi connectivity index (χ1n) is 8.41. The first-order valence-corrected chi connectivity index (χ1v) is 8.41. The van der Waals surface area contributed by atoms with Crippen molar-refractivity contribution in [1.82, 2.24) is 14.8 Å².